The summed E-state index contributed by atoms with van der Waals surface area (Å²) in [6.07, 6.45) is 2.55. The van der Waals surface area contributed by atoms with Gasteiger partial charge in [0.25, 0.3) is 0 Å². The van der Waals surface area contributed by atoms with Crippen LogP contribution in [-0.2, 0) is 14.3 Å². The number of hydrogen-bond donors (Lipinski definition) is 1. The lowest BCUT2D eigenvalue weighted by atomic mass is 9.87. The van der Waals surface area contributed by atoms with Crippen molar-refractivity contribution in [1.82, 2.24) is 10.2 Å². The Labute approximate surface area is 127 Å². The van der Waals surface area contributed by atoms with Gasteiger partial charge < -0.3 is 15.0 Å². The van der Waals surface area contributed by atoms with Gasteiger partial charge in [-0.25, -0.2) is 0 Å². The van der Waals surface area contributed by atoms with Crippen LogP contribution in [0.5, 0.6) is 0 Å². The first-order valence-corrected chi connectivity index (χ1v) is 7.99. The molecule has 0 aromatic heterocycles. The quantitative estimate of drug-likeness (QED) is 0.859. The zero-order chi connectivity index (χ0) is 15.8. The second kappa shape index (κ2) is 5.59. The molecule has 21 heavy (non-hydrogen) atoms. The maximum atomic E-state index is 12.9. The minimum absolute atomic E-state index is 0.0139. The molecule has 0 aromatic rings. The molecule has 120 valence electrons. The number of piperazine rings is 1. The van der Waals surface area contributed by atoms with E-state index in [4.69, 9.17) is 4.74 Å². The van der Waals surface area contributed by atoms with Crippen molar-refractivity contribution in [3.8, 4) is 0 Å². The first kappa shape index (κ1) is 16.3. The van der Waals surface area contributed by atoms with E-state index in [1.54, 1.807) is 4.90 Å². The lowest BCUT2D eigenvalue weighted by Gasteiger charge is -2.47. The van der Waals surface area contributed by atoms with Gasteiger partial charge in [0.1, 0.15) is 11.6 Å². The Hall–Kier alpha value is -1.10. The molecule has 0 saturated carbocycles. The zero-order valence-corrected chi connectivity index (χ0v) is 13.9. The van der Waals surface area contributed by atoms with Gasteiger partial charge in [-0.05, 0) is 39.0 Å². The van der Waals surface area contributed by atoms with E-state index in [0.717, 1.165) is 19.4 Å². The predicted octanol–water partition coefficient (Wildman–Crippen LogP) is 1.71. The Morgan fingerprint density at radius 3 is 2.52 bits per heavy atom. The molecule has 5 nitrogen and oxygen atoms in total. The van der Waals surface area contributed by atoms with Crippen LogP contribution in [0.3, 0.4) is 0 Å². The number of nitrogens with one attached hydrogen (secondary N) is 1. The number of ether oxygens (including phenoxy) is 1. The summed E-state index contributed by atoms with van der Waals surface area (Å²) in [5, 5.41) is 2.92. The van der Waals surface area contributed by atoms with Crippen molar-refractivity contribution in [2.75, 3.05) is 13.2 Å². The van der Waals surface area contributed by atoms with Crippen molar-refractivity contribution in [3.05, 3.63) is 0 Å². The fourth-order valence-electron chi connectivity index (χ4n) is 3.38. The number of rotatable bonds is 4. The Balaban J connectivity index is 2.30. The van der Waals surface area contributed by atoms with Crippen LogP contribution in [0.1, 0.15) is 53.9 Å². The van der Waals surface area contributed by atoms with Gasteiger partial charge >= 0.3 is 0 Å². The molecule has 2 amide bonds. The second-order valence-corrected chi connectivity index (χ2v) is 7.20. The summed E-state index contributed by atoms with van der Waals surface area (Å²) in [5.74, 6) is 0.0518. The SMILES string of the molecule is CCC1(C)NC(=O)C(C(C)C)N(CC2(C)CCCO2)C1=O. The number of amides is 2. The zero-order valence-electron chi connectivity index (χ0n) is 13.9. The maximum absolute atomic E-state index is 12.9. The van der Waals surface area contributed by atoms with Crippen LogP contribution in [0, 0.1) is 5.92 Å². The topological polar surface area (TPSA) is 58.6 Å². The third-order valence-corrected chi connectivity index (χ3v) is 4.88. The van der Waals surface area contributed by atoms with E-state index < -0.39 is 11.6 Å². The van der Waals surface area contributed by atoms with Crippen molar-refractivity contribution in [1.29, 1.82) is 0 Å². The van der Waals surface area contributed by atoms with Gasteiger partial charge in [0.05, 0.1) is 12.1 Å². The number of nitrogens with zero attached hydrogens (tertiary/aromatic N) is 1. The molecule has 2 saturated heterocycles. The molecule has 0 spiro atoms. The minimum atomic E-state index is -0.794. The lowest BCUT2D eigenvalue weighted by Crippen LogP contribution is -2.71. The summed E-state index contributed by atoms with van der Waals surface area (Å²) in [7, 11) is 0. The summed E-state index contributed by atoms with van der Waals surface area (Å²) in [5.41, 5.74) is -1.12. The third kappa shape index (κ3) is 2.93. The van der Waals surface area contributed by atoms with Crippen molar-refractivity contribution >= 4 is 11.8 Å². The van der Waals surface area contributed by atoms with Gasteiger partial charge in [-0.1, -0.05) is 20.8 Å². The van der Waals surface area contributed by atoms with Crippen LogP contribution in [0.2, 0.25) is 0 Å². The maximum Gasteiger partial charge on any atom is 0.248 e. The first-order chi connectivity index (χ1) is 9.72. The standard InChI is InChI=1S/C16H28N2O3/c1-6-16(5)14(20)18(10-15(4)8-7-9-21-15)12(11(2)3)13(19)17-16/h11-12H,6-10H2,1-5H3,(H,17,19). The highest BCUT2D eigenvalue weighted by atomic mass is 16.5. The predicted molar refractivity (Wildman–Crippen MR) is 80.8 cm³/mol. The van der Waals surface area contributed by atoms with Crippen LogP contribution in [0.25, 0.3) is 0 Å². The van der Waals surface area contributed by atoms with E-state index in [-0.39, 0.29) is 23.3 Å². The van der Waals surface area contributed by atoms with Gasteiger partial charge in [-0.15, -0.1) is 0 Å². The molecule has 2 heterocycles. The van der Waals surface area contributed by atoms with E-state index >= 15 is 0 Å². The van der Waals surface area contributed by atoms with Crippen LogP contribution in [-0.4, -0.2) is 47.0 Å². The van der Waals surface area contributed by atoms with Gasteiger partial charge in [0.2, 0.25) is 11.8 Å². The molecule has 2 fully saturated rings. The second-order valence-electron chi connectivity index (χ2n) is 7.20. The van der Waals surface area contributed by atoms with Crippen LogP contribution >= 0.6 is 0 Å². The van der Waals surface area contributed by atoms with E-state index in [0.29, 0.717) is 13.0 Å². The monoisotopic (exact) mass is 296 g/mol. The van der Waals surface area contributed by atoms with E-state index in [2.05, 4.69) is 5.32 Å². The molecule has 2 aliphatic heterocycles. The Kier molecular flexibility index (Phi) is 4.34. The van der Waals surface area contributed by atoms with Crippen LogP contribution < -0.4 is 5.32 Å². The van der Waals surface area contributed by atoms with Gasteiger partial charge in [0, 0.05) is 6.61 Å². The largest absolute Gasteiger partial charge is 0.373 e. The number of carbonyl (C=O) groups is 2. The number of carbonyl (C=O) groups excluding carboxylic acids is 2. The van der Waals surface area contributed by atoms with E-state index in [1.807, 2.05) is 34.6 Å². The molecule has 5 heteroatoms. The molecule has 0 aliphatic carbocycles. The first-order valence-electron chi connectivity index (χ1n) is 7.99. The summed E-state index contributed by atoms with van der Waals surface area (Å²) in [4.78, 5) is 27.2. The molecule has 3 atom stereocenters. The Morgan fingerprint density at radius 2 is 2.05 bits per heavy atom. The molecular formula is C16H28N2O3. The fourth-order valence-corrected chi connectivity index (χ4v) is 3.38. The smallest absolute Gasteiger partial charge is 0.248 e. The van der Waals surface area contributed by atoms with Crippen molar-refractivity contribution in [2.24, 2.45) is 5.92 Å². The average Bonchev–Trinajstić information content (AvgIpc) is 2.82. The number of hydrogen-bond acceptors (Lipinski definition) is 3. The highest BCUT2D eigenvalue weighted by molar-refractivity contribution is 5.99. The van der Waals surface area contributed by atoms with Gasteiger partial charge in [-0.2, -0.15) is 0 Å². The molecule has 2 aliphatic rings. The Bertz CT molecular complexity index is 429. The van der Waals surface area contributed by atoms with Crippen LogP contribution in [0.4, 0.5) is 0 Å². The molecule has 0 radical (unpaired) electrons. The minimum Gasteiger partial charge on any atom is -0.373 e. The lowest BCUT2D eigenvalue weighted by molar-refractivity contribution is -0.160. The van der Waals surface area contributed by atoms with Crippen molar-refractivity contribution < 1.29 is 14.3 Å². The Morgan fingerprint density at radius 1 is 1.38 bits per heavy atom. The summed E-state index contributed by atoms with van der Waals surface area (Å²) >= 11 is 0. The summed E-state index contributed by atoms with van der Waals surface area (Å²) < 4.78 is 5.83. The van der Waals surface area contributed by atoms with Crippen molar-refractivity contribution in [2.45, 2.75) is 71.1 Å². The van der Waals surface area contributed by atoms with Crippen LogP contribution in [0.15, 0.2) is 0 Å². The summed E-state index contributed by atoms with van der Waals surface area (Å²) in [6.45, 7) is 11.0. The third-order valence-electron chi connectivity index (χ3n) is 4.88. The highest BCUT2D eigenvalue weighted by Gasteiger charge is 2.50. The normalized spacial score (nSPS) is 37.2. The van der Waals surface area contributed by atoms with Gasteiger partial charge in [-0.3, -0.25) is 9.59 Å². The molecule has 2 rings (SSSR count). The fraction of sp³-hybridized carbons (Fsp3) is 0.875. The highest BCUT2D eigenvalue weighted by Crippen LogP contribution is 2.31. The van der Waals surface area contributed by atoms with E-state index in [1.165, 1.54) is 0 Å². The molecule has 1 N–H and O–H groups in total. The molecule has 3 unspecified atom stereocenters. The van der Waals surface area contributed by atoms with Gasteiger partial charge in [0.15, 0.2) is 0 Å². The molecular weight excluding hydrogens is 268 g/mol. The molecule has 0 bridgehead atoms. The summed E-state index contributed by atoms with van der Waals surface area (Å²) in [6, 6.07) is -0.404. The van der Waals surface area contributed by atoms with Crippen molar-refractivity contribution in [3.63, 3.8) is 0 Å². The average molecular weight is 296 g/mol. The molecule has 0 aromatic carbocycles. The van der Waals surface area contributed by atoms with E-state index in [9.17, 15) is 9.59 Å².